The van der Waals surface area contributed by atoms with Crippen molar-refractivity contribution in [3.05, 3.63) is 59.0 Å². The van der Waals surface area contributed by atoms with E-state index in [1.807, 2.05) is 42.5 Å². The van der Waals surface area contributed by atoms with Crippen LogP contribution in [0, 0.1) is 0 Å². The maximum Gasteiger partial charge on any atom is 0.263 e. The molecule has 3 rings (SSSR count). The first-order valence-electron chi connectivity index (χ1n) is 10.0. The number of nitrogens with one attached hydrogen (secondary N) is 2. The van der Waals surface area contributed by atoms with Crippen LogP contribution in [-0.4, -0.2) is 28.6 Å². The molecule has 0 aliphatic heterocycles. The van der Waals surface area contributed by atoms with Crippen molar-refractivity contribution >= 4 is 45.4 Å². The highest BCUT2D eigenvalue weighted by Crippen LogP contribution is 2.19. The number of benzene rings is 2. The summed E-state index contributed by atoms with van der Waals surface area (Å²) in [6, 6.07) is 13.0. The number of hydrogen-bond donors (Lipinski definition) is 2. The van der Waals surface area contributed by atoms with E-state index >= 15 is 0 Å². The van der Waals surface area contributed by atoms with Crippen molar-refractivity contribution in [3.8, 4) is 0 Å². The second-order valence-corrected chi connectivity index (χ2v) is 8.13. The lowest BCUT2D eigenvalue weighted by molar-refractivity contribution is -0.118. The second-order valence-electron chi connectivity index (χ2n) is 7.24. The number of rotatable bonds is 10. The molecule has 0 spiro atoms. The van der Waals surface area contributed by atoms with Crippen LogP contribution < -0.4 is 10.6 Å². The number of thiazole rings is 1. The van der Waals surface area contributed by atoms with Gasteiger partial charge in [0.2, 0.25) is 5.91 Å². The monoisotopic (exact) mass is 423 g/mol. The number of Topliss-reactive ketones (excluding diaryl/α,β-unsaturated/α-hetero) is 1. The molecule has 0 aliphatic rings. The minimum Gasteiger partial charge on any atom is -0.339 e. The summed E-state index contributed by atoms with van der Waals surface area (Å²) >= 11 is 1.23. The predicted octanol–water partition coefficient (Wildman–Crippen LogP) is 4.57. The first-order chi connectivity index (χ1) is 14.5. The van der Waals surface area contributed by atoms with Gasteiger partial charge in [0.15, 0.2) is 0 Å². The number of anilines is 1. The van der Waals surface area contributed by atoms with Crippen molar-refractivity contribution in [1.29, 1.82) is 0 Å². The van der Waals surface area contributed by atoms with Crippen molar-refractivity contribution in [2.45, 2.75) is 45.1 Å². The average molecular weight is 424 g/mol. The molecule has 0 bridgehead atoms. The van der Waals surface area contributed by atoms with Crippen molar-refractivity contribution < 1.29 is 14.4 Å². The number of amides is 2. The van der Waals surface area contributed by atoms with Gasteiger partial charge in [-0.25, -0.2) is 0 Å². The lowest BCUT2D eigenvalue weighted by atomic mass is 10.0. The molecule has 0 aliphatic carbocycles. The Hall–Kier alpha value is -3.06. The second kappa shape index (κ2) is 10.6. The number of hydrogen-bond acceptors (Lipinski definition) is 5. The fraction of sp³-hybridized carbons (Fsp3) is 0.304. The molecule has 0 saturated heterocycles. The molecule has 0 fully saturated rings. The molecule has 7 heteroatoms. The van der Waals surface area contributed by atoms with E-state index in [1.165, 1.54) is 17.5 Å². The third-order valence-electron chi connectivity index (χ3n) is 4.82. The van der Waals surface area contributed by atoms with E-state index in [-0.39, 0.29) is 17.6 Å². The first-order valence-corrected chi connectivity index (χ1v) is 10.9. The minimum atomic E-state index is -0.664. The topological polar surface area (TPSA) is 88.2 Å². The molecule has 2 aromatic carbocycles. The van der Waals surface area contributed by atoms with E-state index in [1.54, 1.807) is 12.4 Å². The first kappa shape index (κ1) is 21.6. The maximum absolute atomic E-state index is 12.9. The van der Waals surface area contributed by atoms with Crippen LogP contribution in [0.15, 0.2) is 54.2 Å². The summed E-state index contributed by atoms with van der Waals surface area (Å²) in [5, 5.41) is 7.88. The van der Waals surface area contributed by atoms with Crippen molar-refractivity contribution in [2.24, 2.45) is 0 Å². The van der Waals surface area contributed by atoms with Crippen LogP contribution in [0.5, 0.6) is 0 Å². The molecule has 0 radical (unpaired) electrons. The molecule has 1 heterocycles. The molecule has 0 unspecified atom stereocenters. The molecule has 0 saturated carbocycles. The zero-order valence-electron chi connectivity index (χ0n) is 16.9. The Morgan fingerprint density at radius 3 is 2.57 bits per heavy atom. The van der Waals surface area contributed by atoms with Gasteiger partial charge in [0.25, 0.3) is 5.91 Å². The van der Waals surface area contributed by atoms with Gasteiger partial charge in [0.1, 0.15) is 16.7 Å². The molecule has 1 aromatic heterocycles. The number of carbonyl (C=O) groups is 3. The Kier molecular flexibility index (Phi) is 7.68. The van der Waals surface area contributed by atoms with Gasteiger partial charge in [0.05, 0.1) is 11.7 Å². The van der Waals surface area contributed by atoms with Crippen LogP contribution >= 0.6 is 11.3 Å². The van der Waals surface area contributed by atoms with Crippen LogP contribution in [0.25, 0.3) is 10.8 Å². The number of unbranched alkanes of at least 4 members (excludes halogenated alkanes) is 2. The molecule has 30 heavy (non-hydrogen) atoms. The van der Waals surface area contributed by atoms with Gasteiger partial charge in [-0.2, -0.15) is 0 Å². The maximum atomic E-state index is 12.9. The summed E-state index contributed by atoms with van der Waals surface area (Å²) in [4.78, 5) is 40.9. The van der Waals surface area contributed by atoms with Crippen LogP contribution in [-0.2, 0) is 9.59 Å². The van der Waals surface area contributed by atoms with Crippen molar-refractivity contribution in [1.82, 2.24) is 10.3 Å². The highest BCUT2D eigenvalue weighted by molar-refractivity contribution is 7.11. The summed E-state index contributed by atoms with van der Waals surface area (Å²) in [7, 11) is 0. The summed E-state index contributed by atoms with van der Waals surface area (Å²) in [5.41, 5.74) is 2.27. The van der Waals surface area contributed by atoms with Gasteiger partial charge in [0, 0.05) is 12.1 Å². The van der Waals surface area contributed by atoms with E-state index in [2.05, 4.69) is 15.6 Å². The summed E-state index contributed by atoms with van der Waals surface area (Å²) in [6.07, 6.45) is 4.90. The smallest absolute Gasteiger partial charge is 0.263 e. The largest absolute Gasteiger partial charge is 0.339 e. The van der Waals surface area contributed by atoms with E-state index in [0.717, 1.165) is 30.0 Å². The minimum absolute atomic E-state index is 0.166. The SMILES string of the molecule is CC(=O)CCCCC[C@H](NC(=O)c1cncs1)C(=O)Nc1ccc2ccccc2c1. The summed E-state index contributed by atoms with van der Waals surface area (Å²) in [5.74, 6) is -0.395. The normalized spacial score (nSPS) is 11.8. The third kappa shape index (κ3) is 6.22. The Morgan fingerprint density at radius 1 is 1.03 bits per heavy atom. The van der Waals surface area contributed by atoms with Gasteiger partial charge < -0.3 is 15.4 Å². The lowest BCUT2D eigenvalue weighted by Gasteiger charge is -2.18. The fourth-order valence-electron chi connectivity index (χ4n) is 3.22. The summed E-state index contributed by atoms with van der Waals surface area (Å²) in [6.45, 7) is 1.58. The highest BCUT2D eigenvalue weighted by atomic mass is 32.1. The molecule has 2 amide bonds. The van der Waals surface area contributed by atoms with Crippen LogP contribution in [0.3, 0.4) is 0 Å². The third-order valence-corrected chi connectivity index (χ3v) is 5.59. The fourth-order valence-corrected chi connectivity index (χ4v) is 3.74. The molecule has 156 valence electrons. The molecular weight excluding hydrogens is 398 g/mol. The number of nitrogens with zero attached hydrogens (tertiary/aromatic N) is 1. The molecule has 3 aromatic rings. The van der Waals surface area contributed by atoms with Gasteiger partial charge in [-0.3, -0.25) is 14.6 Å². The zero-order chi connectivity index (χ0) is 21.3. The zero-order valence-corrected chi connectivity index (χ0v) is 17.7. The summed E-state index contributed by atoms with van der Waals surface area (Å²) < 4.78 is 0. The van der Waals surface area contributed by atoms with Gasteiger partial charge >= 0.3 is 0 Å². The number of fused-ring (bicyclic) bond motifs is 1. The quantitative estimate of drug-likeness (QED) is 0.468. The Morgan fingerprint density at radius 2 is 1.83 bits per heavy atom. The van der Waals surface area contributed by atoms with E-state index in [4.69, 9.17) is 0 Å². The molecule has 1 atom stereocenters. The van der Waals surface area contributed by atoms with Gasteiger partial charge in [-0.05, 0) is 42.7 Å². The van der Waals surface area contributed by atoms with E-state index < -0.39 is 6.04 Å². The molecule has 6 nitrogen and oxygen atoms in total. The van der Waals surface area contributed by atoms with E-state index in [0.29, 0.717) is 23.4 Å². The number of aromatic nitrogens is 1. The average Bonchev–Trinajstić information content (AvgIpc) is 3.27. The highest BCUT2D eigenvalue weighted by Gasteiger charge is 2.22. The van der Waals surface area contributed by atoms with Gasteiger partial charge in [-0.1, -0.05) is 43.2 Å². The van der Waals surface area contributed by atoms with Crippen LogP contribution in [0.2, 0.25) is 0 Å². The van der Waals surface area contributed by atoms with Crippen molar-refractivity contribution in [2.75, 3.05) is 5.32 Å². The molecular formula is C23H25N3O3S. The van der Waals surface area contributed by atoms with Crippen LogP contribution in [0.1, 0.15) is 48.7 Å². The van der Waals surface area contributed by atoms with Crippen molar-refractivity contribution in [3.63, 3.8) is 0 Å². The van der Waals surface area contributed by atoms with Gasteiger partial charge in [-0.15, -0.1) is 11.3 Å². The standard InChI is InChI=1S/C23H25N3O3S/c1-16(27)7-3-2-4-10-20(26-23(29)21-14-24-15-30-21)22(28)25-19-12-11-17-8-5-6-9-18(17)13-19/h5-6,8-9,11-15,20H,2-4,7,10H2,1H3,(H,25,28)(H,26,29)/t20-/m0/s1. The Labute approximate surface area is 179 Å². The Balaban J connectivity index is 1.65. The molecule has 2 N–H and O–H groups in total. The predicted molar refractivity (Wildman–Crippen MR) is 120 cm³/mol. The number of ketones is 1. The van der Waals surface area contributed by atoms with Crippen LogP contribution in [0.4, 0.5) is 5.69 Å². The van der Waals surface area contributed by atoms with E-state index in [9.17, 15) is 14.4 Å². The Bertz CT molecular complexity index is 1020. The number of carbonyl (C=O) groups excluding carboxylic acids is 3. The lowest BCUT2D eigenvalue weighted by Crippen LogP contribution is -2.43.